The number of alkyl carbamates (subject to hydrolysis) is 1. The summed E-state index contributed by atoms with van der Waals surface area (Å²) in [4.78, 5) is 63.4. The van der Waals surface area contributed by atoms with E-state index >= 15 is 0 Å². The summed E-state index contributed by atoms with van der Waals surface area (Å²) in [5.74, 6) is -1.80. The molecule has 1 aromatic carbocycles. The van der Waals surface area contributed by atoms with Crippen LogP contribution in [0.2, 0.25) is 0 Å². The van der Waals surface area contributed by atoms with Crippen molar-refractivity contribution < 1.29 is 38.2 Å². The number of ether oxygens (including phenoxy) is 3. The number of unbranched alkanes of at least 4 members (excludes halogenated alkanes) is 1. The lowest BCUT2D eigenvalue weighted by atomic mass is 10.1. The maximum Gasteiger partial charge on any atom is 0.410 e. The average Bonchev–Trinajstić information content (AvgIpc) is 2.87. The standard InChI is InChI=1S/C30H48N4O8/c1-8-34(28(39)40-21-22-14-10-9-11-15-22)19-18-31-26(37)23(33-24(35)20-25(36)41-29(2,3)4)16-12-13-17-32-27(38)42-30(5,6)7/h9-11,14-15,23H,8,12-13,16-21H2,1-7H3,(H,31,37)(H,32,38)(H,33,35)/t23-/m0/s1. The van der Waals surface area contributed by atoms with Crippen LogP contribution in [-0.4, -0.2) is 78.3 Å². The minimum atomic E-state index is -0.929. The van der Waals surface area contributed by atoms with Crippen LogP contribution in [0.5, 0.6) is 0 Å². The Balaban J connectivity index is 2.65. The number of nitrogens with one attached hydrogen (secondary N) is 3. The van der Waals surface area contributed by atoms with Gasteiger partial charge in [0.05, 0.1) is 0 Å². The van der Waals surface area contributed by atoms with Gasteiger partial charge in [-0.25, -0.2) is 9.59 Å². The van der Waals surface area contributed by atoms with Crippen molar-refractivity contribution in [1.29, 1.82) is 0 Å². The second-order valence-electron chi connectivity index (χ2n) is 11.7. The third-order valence-electron chi connectivity index (χ3n) is 5.49. The molecule has 1 atom stereocenters. The molecule has 0 fully saturated rings. The first-order chi connectivity index (χ1) is 19.6. The molecule has 0 aliphatic heterocycles. The fourth-order valence-electron chi connectivity index (χ4n) is 3.63. The van der Waals surface area contributed by atoms with Gasteiger partial charge in [0.1, 0.15) is 30.3 Å². The van der Waals surface area contributed by atoms with Crippen molar-refractivity contribution in [3.8, 4) is 0 Å². The third-order valence-corrected chi connectivity index (χ3v) is 5.49. The van der Waals surface area contributed by atoms with Crippen LogP contribution in [0.4, 0.5) is 9.59 Å². The second-order valence-corrected chi connectivity index (χ2v) is 11.7. The van der Waals surface area contributed by atoms with E-state index in [-0.39, 0.29) is 26.1 Å². The molecule has 3 N–H and O–H groups in total. The van der Waals surface area contributed by atoms with Crippen LogP contribution in [0.15, 0.2) is 30.3 Å². The number of carbonyl (C=O) groups excluding carboxylic acids is 5. The summed E-state index contributed by atoms with van der Waals surface area (Å²) in [6.45, 7) is 13.4. The molecule has 0 aromatic heterocycles. The molecule has 0 spiro atoms. The summed E-state index contributed by atoms with van der Waals surface area (Å²) in [5, 5.41) is 8.01. The van der Waals surface area contributed by atoms with Crippen molar-refractivity contribution in [2.24, 2.45) is 0 Å². The molecule has 0 unspecified atom stereocenters. The minimum absolute atomic E-state index is 0.131. The van der Waals surface area contributed by atoms with Gasteiger partial charge in [-0.2, -0.15) is 0 Å². The molecule has 42 heavy (non-hydrogen) atoms. The number of hydrogen-bond donors (Lipinski definition) is 3. The van der Waals surface area contributed by atoms with Crippen LogP contribution in [0, 0.1) is 0 Å². The Morgan fingerprint density at radius 2 is 1.50 bits per heavy atom. The van der Waals surface area contributed by atoms with E-state index in [1.54, 1.807) is 48.5 Å². The average molecular weight is 593 g/mol. The number of esters is 1. The lowest BCUT2D eigenvalue weighted by Gasteiger charge is -2.23. The number of nitrogens with zero attached hydrogens (tertiary/aromatic N) is 1. The van der Waals surface area contributed by atoms with E-state index in [4.69, 9.17) is 14.2 Å². The summed E-state index contributed by atoms with van der Waals surface area (Å²) < 4.78 is 15.8. The maximum atomic E-state index is 13.0. The van der Waals surface area contributed by atoms with Gasteiger partial charge in [-0.1, -0.05) is 30.3 Å². The van der Waals surface area contributed by atoms with E-state index in [2.05, 4.69) is 16.0 Å². The monoisotopic (exact) mass is 592 g/mol. The highest BCUT2D eigenvalue weighted by molar-refractivity contribution is 5.96. The zero-order valence-corrected chi connectivity index (χ0v) is 26.0. The van der Waals surface area contributed by atoms with Crippen molar-refractivity contribution in [3.63, 3.8) is 0 Å². The number of benzene rings is 1. The highest BCUT2D eigenvalue weighted by atomic mass is 16.6. The van der Waals surface area contributed by atoms with E-state index in [0.29, 0.717) is 25.9 Å². The van der Waals surface area contributed by atoms with Crippen LogP contribution in [-0.2, 0) is 35.2 Å². The molecule has 0 saturated heterocycles. The SMILES string of the molecule is CCN(CCNC(=O)[C@H](CCCCNC(=O)OC(C)(C)C)NC(=O)CC(=O)OC(C)(C)C)C(=O)OCc1ccccc1. The van der Waals surface area contributed by atoms with E-state index in [1.165, 1.54) is 4.90 Å². The summed E-state index contributed by atoms with van der Waals surface area (Å²) in [7, 11) is 0. The Bertz CT molecular complexity index is 1020. The molecular formula is C30H48N4O8. The highest BCUT2D eigenvalue weighted by Crippen LogP contribution is 2.10. The number of hydrogen-bond acceptors (Lipinski definition) is 8. The van der Waals surface area contributed by atoms with E-state index < -0.39 is 53.6 Å². The lowest BCUT2D eigenvalue weighted by Crippen LogP contribution is -2.49. The van der Waals surface area contributed by atoms with E-state index in [0.717, 1.165) is 5.56 Å². The third kappa shape index (κ3) is 17.1. The predicted octanol–water partition coefficient (Wildman–Crippen LogP) is 3.67. The molecule has 0 bridgehead atoms. The van der Waals surface area contributed by atoms with Crippen molar-refractivity contribution >= 4 is 30.0 Å². The molecule has 0 saturated carbocycles. The fourth-order valence-corrected chi connectivity index (χ4v) is 3.63. The van der Waals surface area contributed by atoms with Crippen LogP contribution in [0.25, 0.3) is 0 Å². The molecule has 0 radical (unpaired) electrons. The largest absolute Gasteiger partial charge is 0.460 e. The highest BCUT2D eigenvalue weighted by Gasteiger charge is 2.24. The number of rotatable bonds is 15. The van der Waals surface area contributed by atoms with Crippen LogP contribution in [0.1, 0.15) is 79.7 Å². The van der Waals surface area contributed by atoms with Gasteiger partial charge in [-0.15, -0.1) is 0 Å². The van der Waals surface area contributed by atoms with Crippen molar-refractivity contribution in [2.75, 3.05) is 26.2 Å². The van der Waals surface area contributed by atoms with Gasteiger partial charge in [0.2, 0.25) is 11.8 Å². The molecule has 12 heteroatoms. The molecule has 1 aromatic rings. The fraction of sp³-hybridized carbons (Fsp3) is 0.633. The minimum Gasteiger partial charge on any atom is -0.460 e. The Labute approximate surface area is 249 Å². The maximum absolute atomic E-state index is 13.0. The molecule has 12 nitrogen and oxygen atoms in total. The molecule has 0 heterocycles. The van der Waals surface area contributed by atoms with Crippen molar-refractivity contribution in [3.05, 3.63) is 35.9 Å². The molecule has 0 aliphatic carbocycles. The summed E-state index contributed by atoms with van der Waals surface area (Å²) in [6.07, 6.45) is -0.285. The number of amides is 4. The topological polar surface area (TPSA) is 152 Å². The van der Waals surface area contributed by atoms with Gasteiger partial charge in [0.15, 0.2) is 0 Å². The first-order valence-electron chi connectivity index (χ1n) is 14.3. The quantitative estimate of drug-likeness (QED) is 0.121. The first kappa shape index (κ1) is 36.2. The van der Waals surface area contributed by atoms with Crippen LogP contribution >= 0.6 is 0 Å². The molecular weight excluding hydrogens is 544 g/mol. The van der Waals surface area contributed by atoms with Gasteiger partial charge in [0.25, 0.3) is 0 Å². The second kappa shape index (κ2) is 17.9. The zero-order valence-electron chi connectivity index (χ0n) is 26.0. The van der Waals surface area contributed by atoms with E-state index in [1.807, 2.05) is 30.3 Å². The Morgan fingerprint density at radius 3 is 2.10 bits per heavy atom. The molecule has 0 aliphatic rings. The normalized spacial score (nSPS) is 12.0. The van der Waals surface area contributed by atoms with Crippen LogP contribution in [0.3, 0.4) is 0 Å². The van der Waals surface area contributed by atoms with Crippen molar-refractivity contribution in [1.82, 2.24) is 20.9 Å². The predicted molar refractivity (Wildman–Crippen MR) is 157 cm³/mol. The summed E-state index contributed by atoms with van der Waals surface area (Å²) in [6, 6.07) is 8.37. The number of likely N-dealkylation sites (N-methyl/N-ethyl adjacent to an activating group) is 1. The zero-order chi connectivity index (χ0) is 31.8. The smallest absolute Gasteiger partial charge is 0.410 e. The molecule has 1 rings (SSSR count). The van der Waals surface area contributed by atoms with Gasteiger partial charge < -0.3 is 35.1 Å². The van der Waals surface area contributed by atoms with E-state index in [9.17, 15) is 24.0 Å². The molecule has 4 amide bonds. The Kier molecular flexibility index (Phi) is 15.4. The van der Waals surface area contributed by atoms with Gasteiger partial charge >= 0.3 is 18.2 Å². The molecule has 236 valence electrons. The summed E-state index contributed by atoms with van der Waals surface area (Å²) in [5.41, 5.74) is -0.498. The van der Waals surface area contributed by atoms with Gasteiger partial charge in [-0.3, -0.25) is 14.4 Å². The van der Waals surface area contributed by atoms with Gasteiger partial charge in [0, 0.05) is 26.2 Å². The Morgan fingerprint density at radius 1 is 0.857 bits per heavy atom. The lowest BCUT2D eigenvalue weighted by molar-refractivity contribution is -0.156. The summed E-state index contributed by atoms with van der Waals surface area (Å²) >= 11 is 0. The Hall–Kier alpha value is -3.83. The van der Waals surface area contributed by atoms with Crippen LogP contribution < -0.4 is 16.0 Å². The first-order valence-corrected chi connectivity index (χ1v) is 14.3. The number of carbonyl (C=O) groups is 5. The van der Waals surface area contributed by atoms with Gasteiger partial charge in [-0.05, 0) is 73.3 Å². The van der Waals surface area contributed by atoms with Crippen molar-refractivity contribution in [2.45, 2.75) is 98.0 Å².